The first kappa shape index (κ1) is 19.4. The molecule has 4 nitrogen and oxygen atoms in total. The molecule has 0 spiro atoms. The van der Waals surface area contributed by atoms with Gasteiger partial charge in [0.15, 0.2) is 0 Å². The Morgan fingerprint density at radius 1 is 1.15 bits per heavy atom. The van der Waals surface area contributed by atoms with Gasteiger partial charge in [0.05, 0.1) is 5.54 Å². The van der Waals surface area contributed by atoms with Gasteiger partial charge in [-0.05, 0) is 38.6 Å². The normalized spacial score (nSPS) is 16.7. The third kappa shape index (κ3) is 6.71. The molecule has 120 valence electrons. The van der Waals surface area contributed by atoms with E-state index in [0.29, 0.717) is 17.9 Å². The highest BCUT2D eigenvalue weighted by atomic mass is 16.1. The summed E-state index contributed by atoms with van der Waals surface area (Å²) in [5.41, 5.74) is 4.96. The van der Waals surface area contributed by atoms with Crippen molar-refractivity contribution in [3.8, 4) is 0 Å². The molecule has 0 heterocycles. The molecular weight excluding hydrogens is 250 g/mol. The minimum absolute atomic E-state index is 0.264. The molecule has 20 heavy (non-hydrogen) atoms. The lowest BCUT2D eigenvalue weighted by Gasteiger charge is -2.37. The lowest BCUT2D eigenvalue weighted by molar-refractivity contribution is -0.124. The molecule has 2 unspecified atom stereocenters. The van der Waals surface area contributed by atoms with Crippen molar-refractivity contribution >= 4 is 5.91 Å². The second-order valence-electron chi connectivity index (χ2n) is 7.02. The Morgan fingerprint density at radius 3 is 1.90 bits per heavy atom. The van der Waals surface area contributed by atoms with Gasteiger partial charge in [-0.1, -0.05) is 34.6 Å². The largest absolute Gasteiger partial charge is 0.368 e. The van der Waals surface area contributed by atoms with E-state index >= 15 is 0 Å². The summed E-state index contributed by atoms with van der Waals surface area (Å²) in [6, 6.07) is 0.330. The predicted octanol–water partition coefficient (Wildman–Crippen LogP) is 2.23. The number of hydrogen-bond donors (Lipinski definition) is 2. The van der Waals surface area contributed by atoms with E-state index in [2.05, 4.69) is 44.8 Å². The van der Waals surface area contributed by atoms with E-state index in [-0.39, 0.29) is 5.91 Å². The van der Waals surface area contributed by atoms with Gasteiger partial charge in [-0.3, -0.25) is 4.79 Å². The summed E-state index contributed by atoms with van der Waals surface area (Å²) in [5.74, 6) is 0.977. The Balaban J connectivity index is 4.86. The van der Waals surface area contributed by atoms with E-state index in [9.17, 15) is 4.79 Å². The van der Waals surface area contributed by atoms with E-state index in [1.54, 1.807) is 0 Å². The fourth-order valence-corrected chi connectivity index (χ4v) is 2.74. The monoisotopic (exact) mass is 285 g/mol. The molecule has 0 fully saturated rings. The maximum atomic E-state index is 11.8. The zero-order valence-electron chi connectivity index (χ0n) is 14.5. The number of carbonyl (C=O) groups is 1. The van der Waals surface area contributed by atoms with E-state index < -0.39 is 5.54 Å². The highest BCUT2D eigenvalue weighted by molar-refractivity contribution is 5.84. The van der Waals surface area contributed by atoms with Crippen molar-refractivity contribution in [1.82, 2.24) is 10.2 Å². The Bertz CT molecular complexity index is 281. The molecule has 0 aliphatic heterocycles. The topological polar surface area (TPSA) is 58.4 Å². The summed E-state index contributed by atoms with van der Waals surface area (Å²) in [5, 5.41) is 3.25. The molecule has 1 amide bonds. The average molecular weight is 285 g/mol. The number of carbonyl (C=O) groups excluding carboxylic acids is 1. The smallest absolute Gasteiger partial charge is 0.237 e. The Morgan fingerprint density at radius 2 is 1.60 bits per heavy atom. The van der Waals surface area contributed by atoms with Gasteiger partial charge in [0.25, 0.3) is 0 Å². The first-order valence-electron chi connectivity index (χ1n) is 7.91. The lowest BCUT2D eigenvalue weighted by Crippen LogP contribution is -2.56. The number of nitrogens with zero attached hydrogens (tertiary/aromatic N) is 1. The van der Waals surface area contributed by atoms with Crippen LogP contribution in [-0.4, -0.2) is 42.0 Å². The summed E-state index contributed by atoms with van der Waals surface area (Å²) in [6.45, 7) is 17.9. The van der Waals surface area contributed by atoms with Crippen LogP contribution in [0.2, 0.25) is 0 Å². The van der Waals surface area contributed by atoms with Gasteiger partial charge < -0.3 is 16.0 Å². The quantitative estimate of drug-likeness (QED) is 0.647. The molecule has 4 heteroatoms. The second-order valence-corrected chi connectivity index (χ2v) is 7.02. The molecule has 3 N–H and O–H groups in total. The summed E-state index contributed by atoms with van der Waals surface area (Å²) in [4.78, 5) is 14.2. The molecule has 0 rings (SSSR count). The molecule has 0 aromatic rings. The van der Waals surface area contributed by atoms with Crippen LogP contribution in [0.4, 0.5) is 0 Å². The van der Waals surface area contributed by atoms with Gasteiger partial charge >= 0.3 is 0 Å². The van der Waals surface area contributed by atoms with Crippen molar-refractivity contribution < 1.29 is 4.79 Å². The Hall–Kier alpha value is -0.610. The number of nitrogens with two attached hydrogens (primary N) is 1. The van der Waals surface area contributed by atoms with E-state index in [1.165, 1.54) is 0 Å². The molecule has 0 aromatic carbocycles. The number of rotatable bonds is 10. The van der Waals surface area contributed by atoms with Gasteiger partial charge in [-0.2, -0.15) is 0 Å². The fraction of sp³-hybridized carbons (Fsp3) is 0.938. The van der Waals surface area contributed by atoms with E-state index in [0.717, 1.165) is 26.1 Å². The number of hydrogen-bond acceptors (Lipinski definition) is 3. The molecule has 0 saturated heterocycles. The zero-order valence-corrected chi connectivity index (χ0v) is 14.5. The maximum absolute atomic E-state index is 11.8. The van der Waals surface area contributed by atoms with Crippen LogP contribution in [-0.2, 0) is 4.79 Å². The van der Waals surface area contributed by atoms with Crippen LogP contribution in [0.5, 0.6) is 0 Å². The fourth-order valence-electron chi connectivity index (χ4n) is 2.74. The third-order valence-corrected chi connectivity index (χ3v) is 3.64. The van der Waals surface area contributed by atoms with Gasteiger partial charge in [-0.25, -0.2) is 0 Å². The second kappa shape index (κ2) is 8.63. The molecular formula is C16H35N3O. The van der Waals surface area contributed by atoms with Gasteiger partial charge in [0.1, 0.15) is 0 Å². The van der Waals surface area contributed by atoms with Gasteiger partial charge in [0, 0.05) is 19.1 Å². The molecule has 0 bridgehead atoms. The van der Waals surface area contributed by atoms with Crippen molar-refractivity contribution in [3.05, 3.63) is 0 Å². The number of nitrogens with one attached hydrogen (secondary N) is 1. The number of amides is 1. The zero-order chi connectivity index (χ0) is 15.9. The first-order chi connectivity index (χ1) is 9.12. The van der Waals surface area contributed by atoms with Crippen LogP contribution in [0, 0.1) is 11.8 Å². The standard InChI is InChI=1S/C16H35N3O/c1-8-18-16(7,15(17)20)9-14(6)19(10-12(2)3)11-13(4)5/h12-14,18H,8-11H2,1-7H3,(H2,17,20). The highest BCUT2D eigenvalue weighted by Gasteiger charge is 2.33. The van der Waals surface area contributed by atoms with Crippen molar-refractivity contribution in [3.63, 3.8) is 0 Å². The van der Waals surface area contributed by atoms with Crippen LogP contribution in [0.3, 0.4) is 0 Å². The van der Waals surface area contributed by atoms with Crippen LogP contribution >= 0.6 is 0 Å². The maximum Gasteiger partial charge on any atom is 0.237 e. The number of primary amides is 1. The van der Waals surface area contributed by atoms with Gasteiger partial charge in [0.2, 0.25) is 5.91 Å². The minimum atomic E-state index is -0.625. The van der Waals surface area contributed by atoms with Crippen molar-refractivity contribution in [1.29, 1.82) is 0 Å². The molecule has 2 atom stereocenters. The predicted molar refractivity (Wildman–Crippen MR) is 86.6 cm³/mol. The van der Waals surface area contributed by atoms with Crippen LogP contribution in [0.25, 0.3) is 0 Å². The minimum Gasteiger partial charge on any atom is -0.368 e. The highest BCUT2D eigenvalue weighted by Crippen LogP contribution is 2.18. The van der Waals surface area contributed by atoms with Crippen LogP contribution in [0.15, 0.2) is 0 Å². The van der Waals surface area contributed by atoms with E-state index in [1.807, 2.05) is 13.8 Å². The summed E-state index contributed by atoms with van der Waals surface area (Å²) >= 11 is 0. The molecule has 0 radical (unpaired) electrons. The van der Waals surface area contributed by atoms with Crippen molar-refractivity contribution in [2.45, 2.75) is 66.5 Å². The third-order valence-electron chi connectivity index (χ3n) is 3.64. The van der Waals surface area contributed by atoms with Crippen molar-refractivity contribution in [2.75, 3.05) is 19.6 Å². The Labute approximate surface area is 125 Å². The molecule has 0 aliphatic carbocycles. The lowest BCUT2D eigenvalue weighted by atomic mass is 9.91. The SMILES string of the molecule is CCNC(C)(CC(C)N(CC(C)C)CC(C)C)C(N)=O. The molecule has 0 aliphatic rings. The van der Waals surface area contributed by atoms with Crippen LogP contribution < -0.4 is 11.1 Å². The van der Waals surface area contributed by atoms with Gasteiger partial charge in [-0.15, -0.1) is 0 Å². The number of likely N-dealkylation sites (N-methyl/N-ethyl adjacent to an activating group) is 1. The van der Waals surface area contributed by atoms with Crippen LogP contribution in [0.1, 0.15) is 54.9 Å². The van der Waals surface area contributed by atoms with Crippen molar-refractivity contribution in [2.24, 2.45) is 17.6 Å². The average Bonchev–Trinajstić information content (AvgIpc) is 2.26. The first-order valence-corrected chi connectivity index (χ1v) is 7.91. The Kier molecular flexibility index (Phi) is 8.36. The summed E-state index contributed by atoms with van der Waals surface area (Å²) in [6.07, 6.45) is 0.746. The molecule has 0 aromatic heterocycles. The summed E-state index contributed by atoms with van der Waals surface area (Å²) in [7, 11) is 0. The van der Waals surface area contributed by atoms with E-state index in [4.69, 9.17) is 5.73 Å². The summed E-state index contributed by atoms with van der Waals surface area (Å²) < 4.78 is 0. The molecule has 0 saturated carbocycles.